The number of ether oxygens (including phenoxy) is 1. The van der Waals surface area contributed by atoms with Gasteiger partial charge >= 0.3 is 0 Å². The SMILES string of the molecule is CNCc1c(SC2CCOCC2)nc2ccccn12. The van der Waals surface area contributed by atoms with Gasteiger partial charge in [0.25, 0.3) is 0 Å². The van der Waals surface area contributed by atoms with E-state index in [9.17, 15) is 0 Å². The van der Waals surface area contributed by atoms with E-state index in [4.69, 9.17) is 9.72 Å². The second-order valence-electron chi connectivity index (χ2n) is 4.75. The molecule has 0 aliphatic carbocycles. The highest BCUT2D eigenvalue weighted by Gasteiger charge is 2.19. The molecule has 4 nitrogen and oxygen atoms in total. The second-order valence-corrected chi connectivity index (χ2v) is 6.04. The number of hydrogen-bond acceptors (Lipinski definition) is 4. The molecule has 0 bridgehead atoms. The second kappa shape index (κ2) is 5.94. The highest BCUT2D eigenvalue weighted by Crippen LogP contribution is 2.32. The van der Waals surface area contributed by atoms with Crippen molar-refractivity contribution in [2.24, 2.45) is 0 Å². The molecule has 5 heteroatoms. The van der Waals surface area contributed by atoms with Crippen molar-refractivity contribution in [1.82, 2.24) is 14.7 Å². The number of rotatable bonds is 4. The Morgan fingerprint density at radius 1 is 1.42 bits per heavy atom. The van der Waals surface area contributed by atoms with Gasteiger partial charge in [-0.3, -0.25) is 0 Å². The summed E-state index contributed by atoms with van der Waals surface area (Å²) in [6.07, 6.45) is 4.33. The van der Waals surface area contributed by atoms with Gasteiger partial charge in [-0.15, -0.1) is 11.8 Å². The van der Waals surface area contributed by atoms with Gasteiger partial charge in [0.15, 0.2) is 0 Å². The molecule has 0 amide bonds. The number of hydrogen-bond donors (Lipinski definition) is 1. The molecule has 3 heterocycles. The third kappa shape index (κ3) is 2.78. The summed E-state index contributed by atoms with van der Waals surface area (Å²) in [7, 11) is 1.98. The molecule has 2 aromatic heterocycles. The Hall–Kier alpha value is -1.04. The van der Waals surface area contributed by atoms with Gasteiger partial charge in [0, 0.05) is 31.2 Å². The van der Waals surface area contributed by atoms with Crippen molar-refractivity contribution in [1.29, 1.82) is 0 Å². The van der Waals surface area contributed by atoms with Gasteiger partial charge in [0.05, 0.1) is 5.69 Å². The summed E-state index contributed by atoms with van der Waals surface area (Å²) in [4.78, 5) is 4.77. The van der Waals surface area contributed by atoms with E-state index in [1.165, 1.54) is 5.69 Å². The normalized spacial score (nSPS) is 17.1. The number of pyridine rings is 1. The van der Waals surface area contributed by atoms with Crippen LogP contribution < -0.4 is 5.32 Å². The number of imidazole rings is 1. The molecule has 1 fully saturated rings. The molecule has 3 rings (SSSR count). The molecular formula is C14H19N3OS. The molecule has 1 aliphatic heterocycles. The van der Waals surface area contributed by atoms with Crippen LogP contribution in [0.5, 0.6) is 0 Å². The predicted molar refractivity (Wildman–Crippen MR) is 77.7 cm³/mol. The molecule has 0 aromatic carbocycles. The molecule has 19 heavy (non-hydrogen) atoms. The molecule has 0 radical (unpaired) electrons. The van der Waals surface area contributed by atoms with Crippen LogP contribution in [0.4, 0.5) is 0 Å². The van der Waals surface area contributed by atoms with E-state index in [1.54, 1.807) is 0 Å². The quantitative estimate of drug-likeness (QED) is 0.931. The Morgan fingerprint density at radius 3 is 3.05 bits per heavy atom. The molecule has 2 aromatic rings. The lowest BCUT2D eigenvalue weighted by atomic mass is 10.2. The average Bonchev–Trinajstić information content (AvgIpc) is 2.79. The smallest absolute Gasteiger partial charge is 0.138 e. The van der Waals surface area contributed by atoms with E-state index in [2.05, 4.69) is 28.0 Å². The largest absolute Gasteiger partial charge is 0.381 e. The van der Waals surface area contributed by atoms with E-state index >= 15 is 0 Å². The first-order valence-corrected chi connectivity index (χ1v) is 7.61. The summed E-state index contributed by atoms with van der Waals surface area (Å²) in [5.41, 5.74) is 2.29. The Bertz CT molecular complexity index is 549. The van der Waals surface area contributed by atoms with Gasteiger partial charge in [-0.2, -0.15) is 0 Å². The van der Waals surface area contributed by atoms with E-state index in [0.29, 0.717) is 5.25 Å². The number of aromatic nitrogens is 2. The van der Waals surface area contributed by atoms with Crippen molar-refractivity contribution in [2.45, 2.75) is 29.7 Å². The maximum absolute atomic E-state index is 5.42. The van der Waals surface area contributed by atoms with Crippen LogP contribution in [0.2, 0.25) is 0 Å². The van der Waals surface area contributed by atoms with Crippen LogP contribution >= 0.6 is 11.8 Å². The van der Waals surface area contributed by atoms with Crippen LogP contribution in [0.1, 0.15) is 18.5 Å². The monoisotopic (exact) mass is 277 g/mol. The lowest BCUT2D eigenvalue weighted by Crippen LogP contribution is -2.18. The highest BCUT2D eigenvalue weighted by molar-refractivity contribution is 7.99. The van der Waals surface area contributed by atoms with Crippen molar-refractivity contribution in [2.75, 3.05) is 20.3 Å². The zero-order valence-corrected chi connectivity index (χ0v) is 11.9. The van der Waals surface area contributed by atoms with Crippen molar-refractivity contribution >= 4 is 17.4 Å². The van der Waals surface area contributed by atoms with E-state index in [1.807, 2.05) is 24.9 Å². The van der Waals surface area contributed by atoms with Crippen molar-refractivity contribution in [3.63, 3.8) is 0 Å². The maximum Gasteiger partial charge on any atom is 0.138 e. The van der Waals surface area contributed by atoms with Gasteiger partial charge in [-0.05, 0) is 32.0 Å². The molecule has 1 saturated heterocycles. The molecule has 102 valence electrons. The molecular weight excluding hydrogens is 258 g/mol. The maximum atomic E-state index is 5.42. The van der Waals surface area contributed by atoms with E-state index < -0.39 is 0 Å². The van der Waals surface area contributed by atoms with Gasteiger partial charge in [0.1, 0.15) is 10.7 Å². The topological polar surface area (TPSA) is 38.6 Å². The molecule has 0 saturated carbocycles. The van der Waals surface area contributed by atoms with Crippen LogP contribution in [0.15, 0.2) is 29.4 Å². The van der Waals surface area contributed by atoms with Gasteiger partial charge < -0.3 is 14.5 Å². The Kier molecular flexibility index (Phi) is 4.06. The number of nitrogens with one attached hydrogen (secondary N) is 1. The standard InChI is InChI=1S/C14H19N3OS/c1-15-10-12-14(19-11-5-8-18-9-6-11)16-13-4-2-3-7-17(12)13/h2-4,7,11,15H,5-6,8-10H2,1H3. The first-order valence-electron chi connectivity index (χ1n) is 6.73. The van der Waals surface area contributed by atoms with Gasteiger partial charge in [0.2, 0.25) is 0 Å². The third-order valence-electron chi connectivity index (χ3n) is 3.38. The third-order valence-corrected chi connectivity index (χ3v) is 4.74. The number of fused-ring (bicyclic) bond motifs is 1. The Labute approximate surface area is 117 Å². The Morgan fingerprint density at radius 2 is 2.26 bits per heavy atom. The van der Waals surface area contributed by atoms with Crippen LogP contribution in [0.25, 0.3) is 5.65 Å². The molecule has 0 unspecified atom stereocenters. The molecule has 1 N–H and O–H groups in total. The summed E-state index contributed by atoms with van der Waals surface area (Å²) in [5, 5.41) is 5.03. The molecule has 0 atom stereocenters. The first-order chi connectivity index (χ1) is 9.38. The van der Waals surface area contributed by atoms with Crippen molar-refractivity contribution in [3.8, 4) is 0 Å². The Balaban J connectivity index is 1.90. The number of nitrogens with zero attached hydrogens (tertiary/aromatic N) is 2. The van der Waals surface area contributed by atoms with Crippen LogP contribution in [-0.4, -0.2) is 34.9 Å². The minimum Gasteiger partial charge on any atom is -0.381 e. The van der Waals surface area contributed by atoms with Gasteiger partial charge in [-0.1, -0.05) is 6.07 Å². The van der Waals surface area contributed by atoms with Crippen LogP contribution in [0.3, 0.4) is 0 Å². The summed E-state index contributed by atoms with van der Waals surface area (Å²) in [6.45, 7) is 2.61. The zero-order chi connectivity index (χ0) is 13.1. The summed E-state index contributed by atoms with van der Waals surface area (Å²) in [6, 6.07) is 6.15. The number of thioether (sulfide) groups is 1. The van der Waals surface area contributed by atoms with Gasteiger partial charge in [-0.25, -0.2) is 4.98 Å². The summed E-state index contributed by atoms with van der Waals surface area (Å²) >= 11 is 1.90. The fourth-order valence-electron chi connectivity index (χ4n) is 2.40. The zero-order valence-electron chi connectivity index (χ0n) is 11.1. The fraction of sp³-hybridized carbons (Fsp3) is 0.500. The highest BCUT2D eigenvalue weighted by atomic mass is 32.2. The van der Waals surface area contributed by atoms with Crippen molar-refractivity contribution in [3.05, 3.63) is 30.1 Å². The lowest BCUT2D eigenvalue weighted by molar-refractivity contribution is 0.1000. The van der Waals surface area contributed by atoms with Crippen molar-refractivity contribution < 1.29 is 4.74 Å². The summed E-state index contributed by atoms with van der Waals surface area (Å²) in [5.74, 6) is 0. The van der Waals surface area contributed by atoms with E-state index in [0.717, 1.165) is 43.3 Å². The van der Waals surface area contributed by atoms with E-state index in [-0.39, 0.29) is 0 Å². The van der Waals surface area contributed by atoms with Crippen LogP contribution in [-0.2, 0) is 11.3 Å². The predicted octanol–water partition coefficient (Wildman–Crippen LogP) is 2.32. The fourth-order valence-corrected chi connectivity index (χ4v) is 3.60. The first kappa shape index (κ1) is 13.0. The average molecular weight is 277 g/mol. The summed E-state index contributed by atoms with van der Waals surface area (Å²) < 4.78 is 7.60. The van der Waals surface area contributed by atoms with Crippen LogP contribution in [0, 0.1) is 0 Å². The lowest BCUT2D eigenvalue weighted by Gasteiger charge is -2.20. The minimum absolute atomic E-state index is 0.634. The minimum atomic E-state index is 0.634. The molecule has 1 aliphatic rings. The molecule has 0 spiro atoms.